The normalized spacial score (nSPS) is 25.6. The van der Waals surface area contributed by atoms with Crippen LogP contribution in [-0.2, 0) is 16.9 Å². The van der Waals surface area contributed by atoms with E-state index in [1.165, 1.54) is 7.11 Å². The topological polar surface area (TPSA) is 87.8 Å². The number of carboxylic acids is 1. The third-order valence-electron chi connectivity index (χ3n) is 3.74. The van der Waals surface area contributed by atoms with Gasteiger partial charge in [0.1, 0.15) is 11.3 Å². The summed E-state index contributed by atoms with van der Waals surface area (Å²) in [6.45, 7) is 1.39. The Morgan fingerprint density at radius 3 is 2.75 bits per heavy atom. The minimum atomic E-state index is -1.16. The molecule has 0 spiro atoms. The average molecular weight is 283 g/mol. The minimum absolute atomic E-state index is 0.201. The van der Waals surface area contributed by atoms with Gasteiger partial charge in [0.2, 0.25) is 0 Å². The van der Waals surface area contributed by atoms with Crippen LogP contribution in [0.1, 0.15) is 18.5 Å². The average Bonchev–Trinajstić information content (AvgIpc) is 2.75. The van der Waals surface area contributed by atoms with Crippen molar-refractivity contribution < 1.29 is 19.7 Å². The van der Waals surface area contributed by atoms with E-state index in [9.17, 15) is 9.90 Å². The molecular weight excluding hydrogens is 262 g/mol. The molecular formula is C13H21N3O4. The number of aliphatic carboxylic acids is 1. The van der Waals surface area contributed by atoms with Crippen molar-refractivity contribution in [3.63, 3.8) is 0 Å². The van der Waals surface area contributed by atoms with Gasteiger partial charge in [-0.15, -0.1) is 0 Å². The molecule has 112 valence electrons. The Kier molecular flexibility index (Phi) is 4.01. The van der Waals surface area contributed by atoms with E-state index >= 15 is 0 Å². The molecule has 20 heavy (non-hydrogen) atoms. The molecule has 7 nitrogen and oxygen atoms in total. The molecule has 2 N–H and O–H groups in total. The van der Waals surface area contributed by atoms with Crippen molar-refractivity contribution in [2.45, 2.75) is 25.0 Å². The van der Waals surface area contributed by atoms with E-state index in [2.05, 4.69) is 5.10 Å². The monoisotopic (exact) mass is 283 g/mol. The standard InChI is InChI=1S/C13H21N3O4/c1-15(2)4-5-16-11(10(20-3)8-14-16)13(19)6-9(7-13)12(17)18/h8-9,19H,4-7H2,1-3H3,(H,17,18). The first-order valence-electron chi connectivity index (χ1n) is 6.57. The molecule has 0 radical (unpaired) electrons. The molecule has 1 aromatic heterocycles. The van der Waals surface area contributed by atoms with Gasteiger partial charge in [0.05, 0.1) is 25.8 Å². The fraction of sp³-hybridized carbons (Fsp3) is 0.692. The van der Waals surface area contributed by atoms with Gasteiger partial charge in [-0.05, 0) is 26.9 Å². The van der Waals surface area contributed by atoms with Crippen molar-refractivity contribution >= 4 is 5.97 Å². The van der Waals surface area contributed by atoms with Gasteiger partial charge >= 0.3 is 5.97 Å². The summed E-state index contributed by atoms with van der Waals surface area (Å²) in [5.41, 5.74) is -0.573. The summed E-state index contributed by atoms with van der Waals surface area (Å²) in [6.07, 6.45) is 1.97. The molecule has 1 heterocycles. The lowest BCUT2D eigenvalue weighted by Gasteiger charge is -2.41. The van der Waals surface area contributed by atoms with Crippen molar-refractivity contribution in [2.24, 2.45) is 5.92 Å². The number of methoxy groups -OCH3 is 1. The first-order chi connectivity index (χ1) is 9.37. The lowest BCUT2D eigenvalue weighted by atomic mass is 9.69. The van der Waals surface area contributed by atoms with Crippen LogP contribution in [0, 0.1) is 5.92 Å². The van der Waals surface area contributed by atoms with Gasteiger partial charge in [-0.2, -0.15) is 5.10 Å². The molecule has 7 heteroatoms. The van der Waals surface area contributed by atoms with Crippen molar-refractivity contribution in [1.29, 1.82) is 0 Å². The van der Waals surface area contributed by atoms with Crippen LogP contribution in [0.25, 0.3) is 0 Å². The van der Waals surface area contributed by atoms with E-state index in [-0.39, 0.29) is 12.8 Å². The van der Waals surface area contributed by atoms with E-state index in [1.807, 2.05) is 19.0 Å². The smallest absolute Gasteiger partial charge is 0.306 e. The Balaban J connectivity index is 2.21. The quantitative estimate of drug-likeness (QED) is 0.772. The maximum atomic E-state index is 10.9. The highest BCUT2D eigenvalue weighted by Crippen LogP contribution is 2.48. The van der Waals surface area contributed by atoms with Crippen LogP contribution < -0.4 is 4.74 Å². The first-order valence-corrected chi connectivity index (χ1v) is 6.57. The molecule has 1 aliphatic carbocycles. The molecule has 1 fully saturated rings. The van der Waals surface area contributed by atoms with E-state index in [0.717, 1.165) is 6.54 Å². The Morgan fingerprint density at radius 1 is 1.60 bits per heavy atom. The second-order valence-corrected chi connectivity index (χ2v) is 5.56. The molecule has 0 atom stereocenters. The van der Waals surface area contributed by atoms with Gasteiger partial charge in [-0.25, -0.2) is 0 Å². The number of likely N-dealkylation sites (N-methyl/N-ethyl adjacent to an activating group) is 1. The summed E-state index contributed by atoms with van der Waals surface area (Å²) in [4.78, 5) is 12.9. The van der Waals surface area contributed by atoms with Crippen LogP contribution in [-0.4, -0.2) is 58.6 Å². The number of carbonyl (C=O) groups is 1. The number of aliphatic hydroxyl groups is 1. The van der Waals surface area contributed by atoms with Gasteiger partial charge in [-0.3, -0.25) is 9.48 Å². The van der Waals surface area contributed by atoms with Gasteiger partial charge in [-0.1, -0.05) is 0 Å². The molecule has 2 rings (SSSR count). The number of nitrogens with zero attached hydrogens (tertiary/aromatic N) is 3. The third-order valence-corrected chi connectivity index (χ3v) is 3.74. The molecule has 1 aliphatic rings. The lowest BCUT2D eigenvalue weighted by Crippen LogP contribution is -2.46. The number of carboxylic acid groups (broad SMARTS) is 1. The van der Waals surface area contributed by atoms with Crippen molar-refractivity contribution in [2.75, 3.05) is 27.7 Å². The lowest BCUT2D eigenvalue weighted by molar-refractivity contribution is -0.160. The maximum Gasteiger partial charge on any atom is 0.306 e. The van der Waals surface area contributed by atoms with E-state index in [4.69, 9.17) is 9.84 Å². The molecule has 1 saturated carbocycles. The summed E-state index contributed by atoms with van der Waals surface area (Å²) in [5, 5.41) is 23.8. The summed E-state index contributed by atoms with van der Waals surface area (Å²) in [5.74, 6) is -0.856. The Labute approximate surface area is 117 Å². The Morgan fingerprint density at radius 2 is 2.25 bits per heavy atom. The van der Waals surface area contributed by atoms with Crippen LogP contribution in [0.5, 0.6) is 5.75 Å². The Bertz CT molecular complexity index is 492. The highest BCUT2D eigenvalue weighted by atomic mass is 16.5. The Hall–Kier alpha value is -1.60. The summed E-state index contributed by atoms with van der Waals surface area (Å²) in [6, 6.07) is 0. The zero-order valence-electron chi connectivity index (χ0n) is 12.0. The number of hydrogen-bond donors (Lipinski definition) is 2. The van der Waals surface area contributed by atoms with Crippen LogP contribution in [0.15, 0.2) is 6.20 Å². The van der Waals surface area contributed by atoms with Crippen molar-refractivity contribution in [1.82, 2.24) is 14.7 Å². The van der Waals surface area contributed by atoms with Crippen LogP contribution in [0.2, 0.25) is 0 Å². The van der Waals surface area contributed by atoms with Gasteiger partial charge < -0.3 is 19.8 Å². The third kappa shape index (κ3) is 2.64. The summed E-state index contributed by atoms with van der Waals surface area (Å²) >= 11 is 0. The maximum absolute atomic E-state index is 10.9. The van der Waals surface area contributed by atoms with Gasteiger partial charge in [0.25, 0.3) is 0 Å². The van der Waals surface area contributed by atoms with Gasteiger partial charge in [0, 0.05) is 6.54 Å². The fourth-order valence-corrected chi connectivity index (χ4v) is 2.57. The number of rotatable bonds is 6. The molecule has 0 aliphatic heterocycles. The molecule has 0 unspecified atom stereocenters. The molecule has 0 bridgehead atoms. The van der Waals surface area contributed by atoms with E-state index < -0.39 is 17.5 Å². The number of ether oxygens (including phenoxy) is 1. The van der Waals surface area contributed by atoms with Crippen LogP contribution >= 0.6 is 0 Å². The van der Waals surface area contributed by atoms with Crippen molar-refractivity contribution in [3.8, 4) is 5.75 Å². The molecule has 0 aromatic carbocycles. The van der Waals surface area contributed by atoms with E-state index in [0.29, 0.717) is 18.0 Å². The van der Waals surface area contributed by atoms with E-state index in [1.54, 1.807) is 10.9 Å². The zero-order chi connectivity index (χ0) is 14.9. The predicted molar refractivity (Wildman–Crippen MR) is 71.6 cm³/mol. The minimum Gasteiger partial charge on any atom is -0.493 e. The first kappa shape index (κ1) is 14.8. The SMILES string of the molecule is COc1cnn(CCN(C)C)c1C1(O)CC(C(=O)O)C1. The van der Waals surface area contributed by atoms with Crippen LogP contribution in [0.4, 0.5) is 0 Å². The molecule has 0 amide bonds. The molecule has 0 saturated heterocycles. The highest BCUT2D eigenvalue weighted by Gasteiger charge is 2.51. The van der Waals surface area contributed by atoms with Crippen LogP contribution in [0.3, 0.4) is 0 Å². The number of aromatic nitrogens is 2. The second-order valence-electron chi connectivity index (χ2n) is 5.56. The van der Waals surface area contributed by atoms with Gasteiger partial charge in [0.15, 0.2) is 5.75 Å². The zero-order valence-corrected chi connectivity index (χ0v) is 12.0. The highest BCUT2D eigenvalue weighted by molar-refractivity contribution is 5.72. The summed E-state index contributed by atoms with van der Waals surface area (Å²) in [7, 11) is 5.44. The largest absolute Gasteiger partial charge is 0.493 e. The second kappa shape index (κ2) is 5.41. The number of hydrogen-bond acceptors (Lipinski definition) is 5. The van der Waals surface area contributed by atoms with Crippen molar-refractivity contribution in [3.05, 3.63) is 11.9 Å². The molecule has 1 aromatic rings. The fourth-order valence-electron chi connectivity index (χ4n) is 2.57. The predicted octanol–water partition coefficient (Wildman–Crippen LogP) is 0.135. The summed E-state index contributed by atoms with van der Waals surface area (Å²) < 4.78 is 6.95.